The standard InChI is InChI=1S/C20H20BrN3O4S/c1-22-29(27,28)15-6-7-17-13(10-15)8-9-23(17)20(26)14-11-19(25)24(12-14)18-5-3-2-4-16(18)21/h2-7,10,14,22H,8-9,11-12H2,1H3. The molecule has 2 aromatic carbocycles. The van der Waals surface area contributed by atoms with E-state index in [9.17, 15) is 18.0 Å². The molecule has 0 bridgehead atoms. The Bertz CT molecular complexity index is 1100. The van der Waals surface area contributed by atoms with Gasteiger partial charge in [0.15, 0.2) is 0 Å². The van der Waals surface area contributed by atoms with Crippen molar-refractivity contribution in [1.82, 2.24) is 4.72 Å². The summed E-state index contributed by atoms with van der Waals surface area (Å²) in [5.41, 5.74) is 2.30. The number of halogens is 1. The lowest BCUT2D eigenvalue weighted by molar-refractivity contribution is -0.124. The number of para-hydroxylation sites is 1. The Hall–Kier alpha value is -2.23. The normalized spacial score (nSPS) is 19.0. The quantitative estimate of drug-likeness (QED) is 0.731. The highest BCUT2D eigenvalue weighted by Gasteiger charge is 2.39. The molecule has 1 saturated heterocycles. The molecule has 0 spiro atoms. The molecular weight excluding hydrogens is 458 g/mol. The van der Waals surface area contributed by atoms with Crippen molar-refractivity contribution in [2.45, 2.75) is 17.7 Å². The minimum Gasteiger partial charge on any atom is -0.312 e. The second kappa shape index (κ2) is 7.55. The van der Waals surface area contributed by atoms with Gasteiger partial charge in [0, 0.05) is 29.7 Å². The van der Waals surface area contributed by atoms with Crippen LogP contribution in [0.1, 0.15) is 12.0 Å². The zero-order valence-corrected chi connectivity index (χ0v) is 18.2. The molecule has 9 heteroatoms. The van der Waals surface area contributed by atoms with E-state index in [1.807, 2.05) is 24.3 Å². The number of fused-ring (bicyclic) bond motifs is 1. The third-order valence-electron chi connectivity index (χ3n) is 5.41. The summed E-state index contributed by atoms with van der Waals surface area (Å²) in [6.45, 7) is 0.815. The van der Waals surface area contributed by atoms with Crippen molar-refractivity contribution in [2.24, 2.45) is 5.92 Å². The van der Waals surface area contributed by atoms with Gasteiger partial charge in [0.25, 0.3) is 0 Å². The largest absolute Gasteiger partial charge is 0.312 e. The summed E-state index contributed by atoms with van der Waals surface area (Å²) in [6.07, 6.45) is 0.751. The number of nitrogens with zero attached hydrogens (tertiary/aromatic N) is 2. The van der Waals surface area contributed by atoms with Crippen molar-refractivity contribution in [3.05, 3.63) is 52.5 Å². The SMILES string of the molecule is CNS(=O)(=O)c1ccc2c(c1)CCN2C(=O)C1CC(=O)N(c2ccccc2Br)C1. The first kappa shape index (κ1) is 20.1. The number of rotatable bonds is 4. The van der Waals surface area contributed by atoms with Crippen LogP contribution in [-0.2, 0) is 26.0 Å². The van der Waals surface area contributed by atoms with Gasteiger partial charge < -0.3 is 9.80 Å². The third kappa shape index (κ3) is 3.58. The highest BCUT2D eigenvalue weighted by Crippen LogP contribution is 2.35. The number of hydrogen-bond acceptors (Lipinski definition) is 4. The van der Waals surface area contributed by atoms with E-state index in [2.05, 4.69) is 20.7 Å². The Balaban J connectivity index is 1.55. The molecule has 4 rings (SSSR count). The van der Waals surface area contributed by atoms with Gasteiger partial charge in [-0.25, -0.2) is 13.1 Å². The van der Waals surface area contributed by atoms with Crippen LogP contribution in [0.25, 0.3) is 0 Å². The fourth-order valence-corrected chi connectivity index (χ4v) is 5.17. The minimum atomic E-state index is -3.53. The van der Waals surface area contributed by atoms with Crippen LogP contribution in [-0.4, -0.2) is 40.4 Å². The molecule has 2 aliphatic rings. The van der Waals surface area contributed by atoms with Crippen LogP contribution < -0.4 is 14.5 Å². The van der Waals surface area contributed by atoms with Crippen molar-refractivity contribution < 1.29 is 18.0 Å². The summed E-state index contributed by atoms with van der Waals surface area (Å²) in [7, 11) is -2.16. The number of anilines is 2. The molecule has 1 unspecified atom stereocenters. The van der Waals surface area contributed by atoms with Gasteiger partial charge in [0.1, 0.15) is 0 Å². The van der Waals surface area contributed by atoms with E-state index in [4.69, 9.17) is 0 Å². The molecule has 2 aliphatic heterocycles. The fraction of sp³-hybridized carbons (Fsp3) is 0.300. The van der Waals surface area contributed by atoms with E-state index in [1.54, 1.807) is 21.9 Å². The van der Waals surface area contributed by atoms with E-state index in [0.717, 1.165) is 21.4 Å². The van der Waals surface area contributed by atoms with Crippen LogP contribution in [0.15, 0.2) is 51.8 Å². The highest BCUT2D eigenvalue weighted by molar-refractivity contribution is 9.10. The average Bonchev–Trinajstić information content (AvgIpc) is 3.31. The lowest BCUT2D eigenvalue weighted by Crippen LogP contribution is -2.36. The second-order valence-electron chi connectivity index (χ2n) is 7.09. The predicted octanol–water partition coefficient (Wildman–Crippen LogP) is 2.30. The fourth-order valence-electron chi connectivity index (χ4n) is 3.89. The molecular formula is C20H20BrN3O4S. The smallest absolute Gasteiger partial charge is 0.240 e. The Morgan fingerprint density at radius 3 is 2.66 bits per heavy atom. The summed E-state index contributed by atoms with van der Waals surface area (Å²) in [4.78, 5) is 29.2. The molecule has 0 saturated carbocycles. The second-order valence-corrected chi connectivity index (χ2v) is 9.84. The van der Waals surface area contributed by atoms with Crippen LogP contribution >= 0.6 is 15.9 Å². The van der Waals surface area contributed by atoms with Gasteiger partial charge in [0.2, 0.25) is 21.8 Å². The van der Waals surface area contributed by atoms with Crippen LogP contribution in [0.5, 0.6) is 0 Å². The number of amides is 2. The Morgan fingerprint density at radius 1 is 1.17 bits per heavy atom. The summed E-state index contributed by atoms with van der Waals surface area (Å²) >= 11 is 3.46. The molecule has 152 valence electrons. The van der Waals surface area contributed by atoms with E-state index in [1.165, 1.54) is 13.1 Å². The Labute approximate surface area is 177 Å². The van der Waals surface area contributed by atoms with Gasteiger partial charge in [-0.3, -0.25) is 9.59 Å². The highest BCUT2D eigenvalue weighted by atomic mass is 79.9. The van der Waals surface area contributed by atoms with Crippen LogP contribution in [0, 0.1) is 5.92 Å². The summed E-state index contributed by atoms with van der Waals surface area (Å²) in [6, 6.07) is 12.2. The molecule has 2 amide bonds. The topological polar surface area (TPSA) is 86.8 Å². The van der Waals surface area contributed by atoms with Crippen molar-refractivity contribution in [1.29, 1.82) is 0 Å². The first-order valence-electron chi connectivity index (χ1n) is 9.24. The monoisotopic (exact) mass is 477 g/mol. The number of benzene rings is 2. The van der Waals surface area contributed by atoms with Crippen LogP contribution in [0.2, 0.25) is 0 Å². The molecule has 7 nitrogen and oxygen atoms in total. The van der Waals surface area contributed by atoms with Crippen molar-refractivity contribution in [3.8, 4) is 0 Å². The predicted molar refractivity (Wildman–Crippen MR) is 113 cm³/mol. The van der Waals surface area contributed by atoms with Gasteiger partial charge in [-0.1, -0.05) is 12.1 Å². The maximum Gasteiger partial charge on any atom is 0.240 e. The number of hydrogen-bond donors (Lipinski definition) is 1. The molecule has 1 fully saturated rings. The van der Waals surface area contributed by atoms with Gasteiger partial charge in [0.05, 0.1) is 16.5 Å². The van der Waals surface area contributed by atoms with Crippen molar-refractivity contribution >= 4 is 49.1 Å². The van der Waals surface area contributed by atoms with E-state index < -0.39 is 15.9 Å². The van der Waals surface area contributed by atoms with Crippen molar-refractivity contribution in [2.75, 3.05) is 29.9 Å². The lowest BCUT2D eigenvalue weighted by atomic mass is 10.1. The molecule has 1 atom stereocenters. The molecule has 0 radical (unpaired) electrons. The van der Waals surface area contributed by atoms with Gasteiger partial charge in [-0.15, -0.1) is 0 Å². The maximum atomic E-state index is 13.2. The summed E-state index contributed by atoms with van der Waals surface area (Å²) in [5.74, 6) is -0.609. The molecule has 0 aliphatic carbocycles. The number of nitrogens with one attached hydrogen (secondary N) is 1. The summed E-state index contributed by atoms with van der Waals surface area (Å²) < 4.78 is 27.2. The van der Waals surface area contributed by atoms with Gasteiger partial charge in [-0.2, -0.15) is 0 Å². The Morgan fingerprint density at radius 2 is 1.93 bits per heavy atom. The maximum absolute atomic E-state index is 13.2. The summed E-state index contributed by atoms with van der Waals surface area (Å²) in [5, 5.41) is 0. The van der Waals surface area contributed by atoms with Crippen LogP contribution in [0.3, 0.4) is 0 Å². The molecule has 0 aromatic heterocycles. The van der Waals surface area contributed by atoms with Crippen LogP contribution in [0.4, 0.5) is 11.4 Å². The molecule has 2 aromatic rings. The molecule has 29 heavy (non-hydrogen) atoms. The van der Waals surface area contributed by atoms with E-state index in [0.29, 0.717) is 19.5 Å². The number of carbonyl (C=O) groups is 2. The molecule has 2 heterocycles. The lowest BCUT2D eigenvalue weighted by Gasteiger charge is -2.22. The number of sulfonamides is 1. The van der Waals surface area contributed by atoms with Gasteiger partial charge >= 0.3 is 0 Å². The number of carbonyl (C=O) groups excluding carboxylic acids is 2. The first-order valence-corrected chi connectivity index (χ1v) is 11.5. The Kier molecular flexibility index (Phi) is 5.22. The zero-order valence-electron chi connectivity index (χ0n) is 15.8. The van der Waals surface area contributed by atoms with Crippen molar-refractivity contribution in [3.63, 3.8) is 0 Å². The third-order valence-corrected chi connectivity index (χ3v) is 7.49. The minimum absolute atomic E-state index is 0.0786. The zero-order chi connectivity index (χ0) is 20.8. The molecule has 1 N–H and O–H groups in total. The first-order chi connectivity index (χ1) is 13.8. The van der Waals surface area contributed by atoms with E-state index >= 15 is 0 Å². The average molecular weight is 478 g/mol. The van der Waals surface area contributed by atoms with E-state index in [-0.39, 0.29) is 23.1 Å². The van der Waals surface area contributed by atoms with Gasteiger partial charge in [-0.05, 0) is 65.3 Å².